The average molecular weight is 355 g/mol. The monoisotopic (exact) mass is 355 g/mol. The molecule has 0 aromatic heterocycles. The summed E-state index contributed by atoms with van der Waals surface area (Å²) in [5.74, 6) is 0.960. The Labute approximate surface area is 153 Å². The lowest BCUT2D eigenvalue weighted by Gasteiger charge is -2.56. The van der Waals surface area contributed by atoms with Gasteiger partial charge in [-0.15, -0.1) is 0 Å². The molecule has 4 saturated carbocycles. The molecule has 0 saturated heterocycles. The number of carbonyl (C=O) groups is 3. The van der Waals surface area contributed by atoms with Crippen LogP contribution in [0.15, 0.2) is 30.3 Å². The molecular weight excluding hydrogens is 330 g/mol. The maximum atomic E-state index is 12.3. The highest BCUT2D eigenvalue weighted by molar-refractivity contribution is 6.05. The summed E-state index contributed by atoms with van der Waals surface area (Å²) in [5.41, 5.74) is 0.503. The maximum absolute atomic E-state index is 12.3. The number of benzene rings is 1. The number of carbonyl (C=O) groups excluding carboxylic acids is 3. The van der Waals surface area contributed by atoms with Gasteiger partial charge in [-0.25, -0.2) is 0 Å². The largest absolute Gasteiger partial charge is 0.456 e. The van der Waals surface area contributed by atoms with Crippen molar-refractivity contribution in [1.82, 2.24) is 5.32 Å². The number of rotatable bonds is 5. The van der Waals surface area contributed by atoms with E-state index in [0.717, 1.165) is 37.0 Å². The van der Waals surface area contributed by atoms with Gasteiger partial charge in [0, 0.05) is 5.56 Å². The summed E-state index contributed by atoms with van der Waals surface area (Å²) in [7, 11) is 0. The van der Waals surface area contributed by atoms with Gasteiger partial charge >= 0.3 is 5.97 Å². The number of ether oxygens (including phenoxy) is 1. The molecule has 0 atom stereocenters. The van der Waals surface area contributed by atoms with Crippen molar-refractivity contribution in [2.75, 3.05) is 6.61 Å². The molecule has 2 amide bonds. The molecule has 138 valence electrons. The fourth-order valence-electron chi connectivity index (χ4n) is 5.83. The number of nitrogens with one attached hydrogen (secondary N) is 1. The van der Waals surface area contributed by atoms with E-state index >= 15 is 0 Å². The van der Waals surface area contributed by atoms with Gasteiger partial charge in [-0.05, 0) is 73.8 Å². The van der Waals surface area contributed by atoms with E-state index in [2.05, 4.69) is 5.32 Å². The molecule has 5 heteroatoms. The van der Waals surface area contributed by atoms with Crippen molar-refractivity contribution in [3.8, 4) is 0 Å². The van der Waals surface area contributed by atoms with Crippen LogP contribution in [0.3, 0.4) is 0 Å². The van der Waals surface area contributed by atoms with Crippen LogP contribution in [0.4, 0.5) is 0 Å². The molecule has 4 bridgehead atoms. The van der Waals surface area contributed by atoms with E-state index in [1.54, 1.807) is 30.3 Å². The van der Waals surface area contributed by atoms with Crippen LogP contribution < -0.4 is 5.32 Å². The van der Waals surface area contributed by atoms with Gasteiger partial charge in [-0.3, -0.25) is 19.7 Å². The summed E-state index contributed by atoms with van der Waals surface area (Å²) >= 11 is 0. The average Bonchev–Trinajstić information content (AvgIpc) is 2.59. The van der Waals surface area contributed by atoms with E-state index in [-0.39, 0.29) is 11.4 Å². The van der Waals surface area contributed by atoms with E-state index in [1.165, 1.54) is 19.3 Å². The van der Waals surface area contributed by atoms with Gasteiger partial charge in [-0.1, -0.05) is 18.2 Å². The molecule has 1 aromatic carbocycles. The minimum atomic E-state index is -0.585. The molecule has 0 aliphatic heterocycles. The van der Waals surface area contributed by atoms with Crippen molar-refractivity contribution in [3.05, 3.63) is 35.9 Å². The molecule has 0 unspecified atom stereocenters. The molecule has 0 spiro atoms. The summed E-state index contributed by atoms with van der Waals surface area (Å²) < 4.78 is 5.18. The first-order valence-corrected chi connectivity index (χ1v) is 9.56. The third-order valence-corrected chi connectivity index (χ3v) is 6.34. The first kappa shape index (κ1) is 17.3. The van der Waals surface area contributed by atoms with Crippen molar-refractivity contribution in [1.29, 1.82) is 0 Å². The van der Waals surface area contributed by atoms with Crippen molar-refractivity contribution in [2.45, 2.75) is 44.9 Å². The molecule has 5 nitrogen and oxygen atoms in total. The Kier molecular flexibility index (Phi) is 4.55. The van der Waals surface area contributed by atoms with Crippen LogP contribution in [0.5, 0.6) is 0 Å². The molecule has 4 aliphatic rings. The summed E-state index contributed by atoms with van der Waals surface area (Å²) in [6.07, 6.45) is 7.80. The van der Waals surface area contributed by atoms with Crippen molar-refractivity contribution in [3.63, 3.8) is 0 Å². The lowest BCUT2D eigenvalue weighted by atomic mass is 9.49. The summed E-state index contributed by atoms with van der Waals surface area (Å²) in [6, 6.07) is 8.50. The molecule has 5 rings (SSSR count). The highest BCUT2D eigenvalue weighted by atomic mass is 16.5. The first-order valence-electron chi connectivity index (χ1n) is 9.56. The Bertz CT molecular complexity index is 677. The van der Waals surface area contributed by atoms with Gasteiger partial charge in [0.05, 0.1) is 6.42 Å². The van der Waals surface area contributed by atoms with Gasteiger partial charge in [0.2, 0.25) is 0 Å². The quantitative estimate of drug-likeness (QED) is 0.824. The van der Waals surface area contributed by atoms with Gasteiger partial charge in [0.25, 0.3) is 11.8 Å². The summed E-state index contributed by atoms with van der Waals surface area (Å²) in [5, 5.41) is 2.26. The highest BCUT2D eigenvalue weighted by Gasteiger charge is 2.51. The third-order valence-electron chi connectivity index (χ3n) is 6.34. The molecule has 4 aliphatic carbocycles. The second-order valence-corrected chi connectivity index (χ2v) is 8.50. The molecular formula is C21H25NO4. The van der Waals surface area contributed by atoms with Crippen molar-refractivity contribution in [2.24, 2.45) is 23.2 Å². The first-order chi connectivity index (χ1) is 12.5. The predicted octanol–water partition coefficient (Wildman–Crippen LogP) is 3.09. The standard InChI is InChI=1S/C21H25NO4/c23-18(22-20(25)17-4-2-1-3-5-17)13-26-19(24)12-21-9-14-6-15(10-21)8-16(7-14)11-21/h1-5,14-16H,6-13H2,(H,22,23,25). The molecule has 26 heavy (non-hydrogen) atoms. The van der Waals surface area contributed by atoms with E-state index in [4.69, 9.17) is 4.74 Å². The second-order valence-electron chi connectivity index (χ2n) is 8.50. The molecule has 0 heterocycles. The van der Waals surface area contributed by atoms with Crippen molar-refractivity contribution < 1.29 is 19.1 Å². The van der Waals surface area contributed by atoms with Crippen LogP contribution in [-0.4, -0.2) is 24.4 Å². The number of imide groups is 1. The zero-order valence-corrected chi connectivity index (χ0v) is 14.9. The number of amides is 2. The summed E-state index contributed by atoms with van der Waals surface area (Å²) in [6.45, 7) is -0.399. The fourth-order valence-corrected chi connectivity index (χ4v) is 5.83. The third kappa shape index (κ3) is 3.67. The molecule has 0 radical (unpaired) electrons. The van der Waals surface area contributed by atoms with E-state index in [1.807, 2.05) is 0 Å². The lowest BCUT2D eigenvalue weighted by molar-refractivity contribution is -0.155. The SMILES string of the molecule is O=C(COC(=O)CC12CC3CC(CC(C3)C1)C2)NC(=O)c1ccccc1. The van der Waals surface area contributed by atoms with Crippen LogP contribution in [0, 0.1) is 23.2 Å². The molecule has 1 N–H and O–H groups in total. The number of hydrogen-bond donors (Lipinski definition) is 1. The van der Waals surface area contributed by atoms with Crippen LogP contribution in [-0.2, 0) is 14.3 Å². The van der Waals surface area contributed by atoms with Crippen molar-refractivity contribution >= 4 is 17.8 Å². The Hall–Kier alpha value is -2.17. The van der Waals surface area contributed by atoms with Gasteiger partial charge in [-0.2, -0.15) is 0 Å². The Morgan fingerprint density at radius 3 is 2.12 bits per heavy atom. The molecule has 4 fully saturated rings. The minimum Gasteiger partial charge on any atom is -0.456 e. The van der Waals surface area contributed by atoms with Crippen LogP contribution >= 0.6 is 0 Å². The summed E-state index contributed by atoms with van der Waals surface area (Å²) in [4.78, 5) is 36.1. The normalized spacial score (nSPS) is 31.5. The Morgan fingerprint density at radius 1 is 0.962 bits per heavy atom. The van der Waals surface area contributed by atoms with Gasteiger partial charge in [0.15, 0.2) is 6.61 Å². The minimum absolute atomic E-state index is 0.0994. The Balaban J connectivity index is 1.25. The lowest BCUT2D eigenvalue weighted by Crippen LogP contribution is -2.47. The zero-order chi connectivity index (χ0) is 18.1. The highest BCUT2D eigenvalue weighted by Crippen LogP contribution is 2.61. The zero-order valence-electron chi connectivity index (χ0n) is 14.9. The molecule has 1 aromatic rings. The van der Waals surface area contributed by atoms with Crippen LogP contribution in [0.1, 0.15) is 55.3 Å². The van der Waals surface area contributed by atoms with Gasteiger partial charge in [0.1, 0.15) is 0 Å². The Morgan fingerprint density at radius 2 is 1.54 bits per heavy atom. The van der Waals surface area contributed by atoms with E-state index in [0.29, 0.717) is 12.0 Å². The second kappa shape index (κ2) is 6.86. The number of esters is 1. The van der Waals surface area contributed by atoms with Crippen LogP contribution in [0.25, 0.3) is 0 Å². The maximum Gasteiger partial charge on any atom is 0.306 e. The number of hydrogen-bond acceptors (Lipinski definition) is 4. The van der Waals surface area contributed by atoms with Gasteiger partial charge < -0.3 is 4.74 Å². The topological polar surface area (TPSA) is 72.5 Å². The van der Waals surface area contributed by atoms with E-state index in [9.17, 15) is 14.4 Å². The smallest absolute Gasteiger partial charge is 0.306 e. The predicted molar refractivity (Wildman–Crippen MR) is 95.1 cm³/mol. The van der Waals surface area contributed by atoms with E-state index < -0.39 is 18.4 Å². The fraction of sp³-hybridized carbons (Fsp3) is 0.571. The van der Waals surface area contributed by atoms with Crippen LogP contribution in [0.2, 0.25) is 0 Å².